The summed E-state index contributed by atoms with van der Waals surface area (Å²) in [5.74, 6) is 0.182. The van der Waals surface area contributed by atoms with Crippen molar-refractivity contribution in [3.63, 3.8) is 0 Å². The van der Waals surface area contributed by atoms with Gasteiger partial charge in [-0.15, -0.1) is 0 Å². The fraction of sp³-hybridized carbons (Fsp3) is 0.929. The lowest BCUT2D eigenvalue weighted by Gasteiger charge is -2.35. The van der Waals surface area contributed by atoms with Crippen LogP contribution < -0.4 is 11.1 Å². The van der Waals surface area contributed by atoms with Gasteiger partial charge in [0.2, 0.25) is 5.91 Å². The van der Waals surface area contributed by atoms with Crippen molar-refractivity contribution in [2.24, 2.45) is 11.1 Å². The summed E-state index contributed by atoms with van der Waals surface area (Å²) in [5, 5.41) is 3.02. The number of amides is 1. The first-order chi connectivity index (χ1) is 8.58. The minimum atomic E-state index is 0.0872. The van der Waals surface area contributed by atoms with Crippen LogP contribution in [0.5, 0.6) is 0 Å². The van der Waals surface area contributed by atoms with E-state index in [9.17, 15) is 4.79 Å². The van der Waals surface area contributed by atoms with Gasteiger partial charge in [-0.1, -0.05) is 19.3 Å². The van der Waals surface area contributed by atoms with E-state index in [4.69, 9.17) is 5.73 Å². The van der Waals surface area contributed by atoms with Crippen LogP contribution in [0.4, 0.5) is 0 Å². The molecule has 0 atom stereocenters. The van der Waals surface area contributed by atoms with Crippen LogP contribution in [0, 0.1) is 5.41 Å². The Morgan fingerprint density at radius 1 is 1.28 bits per heavy atom. The van der Waals surface area contributed by atoms with Crippen LogP contribution in [0.2, 0.25) is 0 Å². The molecule has 0 aromatic carbocycles. The predicted molar refractivity (Wildman–Crippen MR) is 75.4 cm³/mol. The van der Waals surface area contributed by atoms with E-state index in [0.717, 1.165) is 32.4 Å². The first kappa shape index (κ1) is 15.4. The first-order valence-electron chi connectivity index (χ1n) is 7.19. The molecule has 1 saturated carbocycles. The molecule has 0 aliphatic heterocycles. The number of carbonyl (C=O) groups excluding carboxylic acids is 1. The van der Waals surface area contributed by atoms with Gasteiger partial charge in [0.25, 0.3) is 0 Å². The third-order valence-corrected chi connectivity index (χ3v) is 3.99. The van der Waals surface area contributed by atoms with Gasteiger partial charge in [-0.05, 0) is 51.9 Å². The Labute approximate surface area is 111 Å². The van der Waals surface area contributed by atoms with Crippen molar-refractivity contribution in [3.05, 3.63) is 0 Å². The number of carbonyl (C=O) groups is 1. The topological polar surface area (TPSA) is 58.4 Å². The van der Waals surface area contributed by atoms with Gasteiger partial charge in [0.15, 0.2) is 0 Å². The van der Waals surface area contributed by atoms with E-state index in [2.05, 4.69) is 10.2 Å². The molecule has 1 fully saturated rings. The highest BCUT2D eigenvalue weighted by molar-refractivity contribution is 5.76. The van der Waals surface area contributed by atoms with E-state index >= 15 is 0 Å². The summed E-state index contributed by atoms with van der Waals surface area (Å²) in [6, 6.07) is 0. The molecular weight excluding hydrogens is 226 g/mol. The second kappa shape index (κ2) is 7.74. The van der Waals surface area contributed by atoms with Gasteiger partial charge < -0.3 is 16.0 Å². The Morgan fingerprint density at radius 2 is 1.94 bits per heavy atom. The summed E-state index contributed by atoms with van der Waals surface area (Å²) in [6.45, 7) is 2.44. The molecule has 1 amide bonds. The molecule has 0 spiro atoms. The minimum absolute atomic E-state index is 0.0872. The summed E-state index contributed by atoms with van der Waals surface area (Å²) in [4.78, 5) is 14.1. The second-order valence-electron chi connectivity index (χ2n) is 5.95. The molecule has 106 valence electrons. The standard InChI is InChI=1S/C14H29N3O/c1-17(2)10-6-9-16-13(18)11-14(12-15)7-4-3-5-8-14/h3-12,15H2,1-2H3,(H,16,18). The second-order valence-corrected chi connectivity index (χ2v) is 5.95. The SMILES string of the molecule is CN(C)CCCNC(=O)CC1(CN)CCCCC1. The van der Waals surface area contributed by atoms with E-state index < -0.39 is 0 Å². The molecule has 4 nitrogen and oxygen atoms in total. The van der Waals surface area contributed by atoms with Gasteiger partial charge in [0, 0.05) is 13.0 Å². The van der Waals surface area contributed by atoms with E-state index in [1.807, 2.05) is 14.1 Å². The summed E-state index contributed by atoms with van der Waals surface area (Å²) in [6.07, 6.45) is 7.62. The third-order valence-electron chi connectivity index (χ3n) is 3.99. The van der Waals surface area contributed by atoms with Crippen LogP contribution in [-0.4, -0.2) is 44.5 Å². The van der Waals surface area contributed by atoms with Crippen molar-refractivity contribution in [1.82, 2.24) is 10.2 Å². The maximum Gasteiger partial charge on any atom is 0.220 e. The molecular formula is C14H29N3O. The Hall–Kier alpha value is -0.610. The van der Waals surface area contributed by atoms with Gasteiger partial charge in [0.05, 0.1) is 0 Å². The summed E-state index contributed by atoms with van der Waals surface area (Å²) >= 11 is 0. The maximum atomic E-state index is 11.9. The van der Waals surface area contributed by atoms with Crippen molar-refractivity contribution in [1.29, 1.82) is 0 Å². The first-order valence-corrected chi connectivity index (χ1v) is 7.19. The van der Waals surface area contributed by atoms with Crippen molar-refractivity contribution >= 4 is 5.91 Å². The Morgan fingerprint density at radius 3 is 2.50 bits per heavy atom. The monoisotopic (exact) mass is 255 g/mol. The average molecular weight is 255 g/mol. The molecule has 0 aromatic rings. The number of hydrogen-bond donors (Lipinski definition) is 2. The minimum Gasteiger partial charge on any atom is -0.356 e. The highest BCUT2D eigenvalue weighted by Gasteiger charge is 2.32. The summed E-state index contributed by atoms with van der Waals surface area (Å²) < 4.78 is 0. The maximum absolute atomic E-state index is 11.9. The number of rotatable bonds is 7. The smallest absolute Gasteiger partial charge is 0.220 e. The third kappa shape index (κ3) is 5.36. The van der Waals surface area contributed by atoms with Gasteiger partial charge in [0.1, 0.15) is 0 Å². The quantitative estimate of drug-likeness (QED) is 0.675. The lowest BCUT2D eigenvalue weighted by molar-refractivity contribution is -0.123. The van der Waals surface area contributed by atoms with Gasteiger partial charge in [-0.25, -0.2) is 0 Å². The van der Waals surface area contributed by atoms with Gasteiger partial charge in [-0.2, -0.15) is 0 Å². The number of nitrogens with two attached hydrogens (primary N) is 1. The molecule has 18 heavy (non-hydrogen) atoms. The Bertz CT molecular complexity index is 247. The molecule has 4 heteroatoms. The lowest BCUT2D eigenvalue weighted by atomic mass is 9.71. The molecule has 1 aliphatic rings. The van der Waals surface area contributed by atoms with Crippen LogP contribution in [0.25, 0.3) is 0 Å². The zero-order valence-electron chi connectivity index (χ0n) is 12.0. The highest BCUT2D eigenvalue weighted by atomic mass is 16.1. The molecule has 3 N–H and O–H groups in total. The summed E-state index contributed by atoms with van der Waals surface area (Å²) in [5.41, 5.74) is 5.98. The van der Waals surface area contributed by atoms with E-state index in [1.54, 1.807) is 0 Å². The number of nitrogens with one attached hydrogen (secondary N) is 1. The van der Waals surface area contributed by atoms with Crippen molar-refractivity contribution < 1.29 is 4.79 Å². The fourth-order valence-corrected chi connectivity index (χ4v) is 2.78. The van der Waals surface area contributed by atoms with Crippen molar-refractivity contribution in [2.45, 2.75) is 44.9 Å². The number of hydrogen-bond acceptors (Lipinski definition) is 3. The largest absolute Gasteiger partial charge is 0.356 e. The van der Waals surface area contributed by atoms with Crippen LogP contribution in [-0.2, 0) is 4.79 Å². The molecule has 1 rings (SSSR count). The normalized spacial score (nSPS) is 18.9. The fourth-order valence-electron chi connectivity index (χ4n) is 2.78. The Kier molecular flexibility index (Phi) is 6.65. The lowest BCUT2D eigenvalue weighted by Crippen LogP contribution is -2.39. The molecule has 0 unspecified atom stereocenters. The zero-order chi connectivity index (χ0) is 13.4. The van der Waals surface area contributed by atoms with E-state index in [-0.39, 0.29) is 11.3 Å². The molecule has 1 aliphatic carbocycles. The van der Waals surface area contributed by atoms with Crippen LogP contribution in [0.15, 0.2) is 0 Å². The molecule has 0 bridgehead atoms. The molecule has 0 radical (unpaired) electrons. The number of nitrogens with zero attached hydrogens (tertiary/aromatic N) is 1. The van der Waals surface area contributed by atoms with Crippen LogP contribution >= 0.6 is 0 Å². The van der Waals surface area contributed by atoms with Gasteiger partial charge in [-0.3, -0.25) is 4.79 Å². The van der Waals surface area contributed by atoms with Crippen LogP contribution in [0.1, 0.15) is 44.9 Å². The van der Waals surface area contributed by atoms with Crippen LogP contribution in [0.3, 0.4) is 0 Å². The highest BCUT2D eigenvalue weighted by Crippen LogP contribution is 2.38. The van der Waals surface area contributed by atoms with Crippen molar-refractivity contribution in [3.8, 4) is 0 Å². The van der Waals surface area contributed by atoms with E-state index in [0.29, 0.717) is 13.0 Å². The average Bonchev–Trinajstić information content (AvgIpc) is 2.35. The van der Waals surface area contributed by atoms with Gasteiger partial charge >= 0.3 is 0 Å². The van der Waals surface area contributed by atoms with E-state index in [1.165, 1.54) is 19.3 Å². The summed E-state index contributed by atoms with van der Waals surface area (Å²) in [7, 11) is 4.10. The molecule has 0 aromatic heterocycles. The molecule has 0 heterocycles. The molecule has 0 saturated heterocycles. The zero-order valence-corrected chi connectivity index (χ0v) is 12.0. The Balaban J connectivity index is 2.25. The van der Waals surface area contributed by atoms with Crippen molar-refractivity contribution in [2.75, 3.05) is 33.7 Å². The predicted octanol–water partition coefficient (Wildman–Crippen LogP) is 1.35.